The van der Waals surface area contributed by atoms with Crippen molar-refractivity contribution < 1.29 is 14.7 Å². The largest absolute Gasteiger partial charge is 0.386 e. The van der Waals surface area contributed by atoms with E-state index in [-0.39, 0.29) is 18.1 Å². The lowest BCUT2D eigenvalue weighted by atomic mass is 9.96. The van der Waals surface area contributed by atoms with Crippen LogP contribution in [0.15, 0.2) is 42.6 Å². The van der Waals surface area contributed by atoms with Gasteiger partial charge in [-0.05, 0) is 19.4 Å². The van der Waals surface area contributed by atoms with E-state index in [1.54, 1.807) is 54.9 Å². The van der Waals surface area contributed by atoms with Crippen molar-refractivity contribution in [1.82, 2.24) is 19.9 Å². The predicted molar refractivity (Wildman–Crippen MR) is 113 cm³/mol. The SMILES string of the molecule is CC(C)(O)c1ccc(C(=O)Cc2cc(N3CCNC(=O)CC3)n3nccc3n2)cc1. The summed E-state index contributed by atoms with van der Waals surface area (Å²) in [5.41, 5.74) is 1.69. The fourth-order valence-corrected chi connectivity index (χ4v) is 3.59. The molecule has 1 saturated heterocycles. The lowest BCUT2D eigenvalue weighted by molar-refractivity contribution is -0.120. The van der Waals surface area contributed by atoms with Crippen LogP contribution in [0.2, 0.25) is 0 Å². The van der Waals surface area contributed by atoms with Gasteiger partial charge in [0.25, 0.3) is 0 Å². The topological polar surface area (TPSA) is 99.8 Å². The molecule has 8 heteroatoms. The van der Waals surface area contributed by atoms with Crippen LogP contribution in [0.1, 0.15) is 41.9 Å². The Morgan fingerprint density at radius 3 is 2.70 bits per heavy atom. The van der Waals surface area contributed by atoms with Gasteiger partial charge in [0.05, 0.1) is 23.9 Å². The zero-order chi connectivity index (χ0) is 21.3. The van der Waals surface area contributed by atoms with Gasteiger partial charge >= 0.3 is 0 Å². The summed E-state index contributed by atoms with van der Waals surface area (Å²) < 4.78 is 1.74. The van der Waals surface area contributed by atoms with Gasteiger partial charge in [-0.15, -0.1) is 0 Å². The summed E-state index contributed by atoms with van der Waals surface area (Å²) in [4.78, 5) is 31.2. The number of carbonyl (C=O) groups excluding carboxylic acids is 2. The quantitative estimate of drug-likeness (QED) is 0.625. The number of rotatable bonds is 5. The standard InChI is InChI=1S/C22H25N5O3/c1-22(2,30)16-5-3-15(4-6-16)18(28)13-17-14-21(27-19(25-17)7-9-24-27)26-11-8-20(29)23-10-12-26/h3-7,9,14,30H,8,10-13H2,1-2H3,(H,23,29). The molecule has 30 heavy (non-hydrogen) atoms. The first-order valence-corrected chi connectivity index (χ1v) is 10.0. The minimum Gasteiger partial charge on any atom is -0.386 e. The highest BCUT2D eigenvalue weighted by atomic mass is 16.3. The Hall–Kier alpha value is -3.26. The van der Waals surface area contributed by atoms with Crippen molar-refractivity contribution >= 4 is 23.2 Å². The van der Waals surface area contributed by atoms with Gasteiger partial charge in [0, 0.05) is 43.8 Å². The first-order valence-electron chi connectivity index (χ1n) is 10.0. The summed E-state index contributed by atoms with van der Waals surface area (Å²) in [7, 11) is 0. The molecule has 4 rings (SSSR count). The molecule has 0 aliphatic carbocycles. The van der Waals surface area contributed by atoms with Crippen molar-refractivity contribution in [2.45, 2.75) is 32.3 Å². The second kappa shape index (κ2) is 7.87. The van der Waals surface area contributed by atoms with Gasteiger partial charge < -0.3 is 15.3 Å². The van der Waals surface area contributed by atoms with Crippen molar-refractivity contribution in [1.29, 1.82) is 0 Å². The molecule has 2 N–H and O–H groups in total. The number of nitrogens with zero attached hydrogens (tertiary/aromatic N) is 4. The van der Waals surface area contributed by atoms with E-state index in [1.807, 2.05) is 6.07 Å². The molecule has 156 valence electrons. The van der Waals surface area contributed by atoms with E-state index in [9.17, 15) is 14.7 Å². The Kier molecular flexibility index (Phi) is 5.26. The maximum Gasteiger partial charge on any atom is 0.221 e. The Balaban J connectivity index is 1.60. The summed E-state index contributed by atoms with van der Waals surface area (Å²) in [5.74, 6) is 0.808. The highest BCUT2D eigenvalue weighted by molar-refractivity contribution is 5.97. The molecule has 0 unspecified atom stereocenters. The molecule has 0 saturated carbocycles. The molecule has 1 fully saturated rings. The van der Waals surface area contributed by atoms with E-state index < -0.39 is 5.60 Å². The minimum absolute atomic E-state index is 0.0353. The zero-order valence-electron chi connectivity index (χ0n) is 17.1. The molecule has 1 amide bonds. The number of aromatic nitrogens is 3. The van der Waals surface area contributed by atoms with Crippen molar-refractivity contribution in [3.05, 3.63) is 59.4 Å². The Morgan fingerprint density at radius 2 is 1.97 bits per heavy atom. The highest BCUT2D eigenvalue weighted by Gasteiger charge is 2.20. The van der Waals surface area contributed by atoms with E-state index in [0.29, 0.717) is 43.0 Å². The summed E-state index contributed by atoms with van der Waals surface area (Å²) >= 11 is 0. The summed E-state index contributed by atoms with van der Waals surface area (Å²) in [6.45, 7) is 5.23. The maximum atomic E-state index is 12.8. The molecule has 3 aromatic rings. The summed E-state index contributed by atoms with van der Waals surface area (Å²) in [5, 5.41) is 17.3. The van der Waals surface area contributed by atoms with Crippen LogP contribution in [-0.4, -0.2) is 51.0 Å². The number of aliphatic hydroxyl groups is 1. The second-order valence-corrected chi connectivity index (χ2v) is 8.03. The number of anilines is 1. The number of Topliss-reactive ketones (excluding diaryl/α,β-unsaturated/α-hetero) is 1. The van der Waals surface area contributed by atoms with Crippen LogP contribution in [-0.2, 0) is 16.8 Å². The fraction of sp³-hybridized carbons (Fsp3) is 0.364. The number of nitrogens with one attached hydrogen (secondary N) is 1. The van der Waals surface area contributed by atoms with Crippen molar-refractivity contribution in [2.75, 3.05) is 24.5 Å². The first-order chi connectivity index (χ1) is 14.3. The number of fused-ring (bicyclic) bond motifs is 1. The third-order valence-electron chi connectivity index (χ3n) is 5.29. The van der Waals surface area contributed by atoms with E-state index in [0.717, 1.165) is 11.4 Å². The molecular weight excluding hydrogens is 382 g/mol. The maximum absolute atomic E-state index is 12.8. The fourth-order valence-electron chi connectivity index (χ4n) is 3.59. The van der Waals surface area contributed by atoms with Gasteiger partial charge in [-0.3, -0.25) is 9.59 Å². The van der Waals surface area contributed by atoms with Gasteiger partial charge in [-0.25, -0.2) is 4.98 Å². The zero-order valence-corrected chi connectivity index (χ0v) is 17.1. The predicted octanol–water partition coefficient (Wildman–Crippen LogP) is 1.71. The molecule has 2 aromatic heterocycles. The van der Waals surface area contributed by atoms with Crippen molar-refractivity contribution in [2.24, 2.45) is 0 Å². The van der Waals surface area contributed by atoms with Gasteiger partial charge in [0.1, 0.15) is 5.82 Å². The van der Waals surface area contributed by atoms with E-state index in [1.165, 1.54) is 0 Å². The van der Waals surface area contributed by atoms with Crippen LogP contribution in [0, 0.1) is 0 Å². The molecule has 1 aliphatic heterocycles. The molecule has 1 aliphatic rings. The third kappa shape index (κ3) is 4.18. The van der Waals surface area contributed by atoms with Gasteiger partial charge in [-0.2, -0.15) is 9.61 Å². The molecule has 0 atom stereocenters. The van der Waals surface area contributed by atoms with Crippen LogP contribution < -0.4 is 10.2 Å². The number of ketones is 1. The lowest BCUT2D eigenvalue weighted by Crippen LogP contribution is -2.30. The minimum atomic E-state index is -0.950. The lowest BCUT2D eigenvalue weighted by Gasteiger charge is -2.23. The van der Waals surface area contributed by atoms with Gasteiger partial charge in [0.15, 0.2) is 11.4 Å². The number of benzene rings is 1. The van der Waals surface area contributed by atoms with Crippen LogP contribution in [0.5, 0.6) is 0 Å². The molecule has 3 heterocycles. The average Bonchev–Trinajstić information content (AvgIpc) is 3.07. The molecule has 1 aromatic carbocycles. The summed E-state index contributed by atoms with van der Waals surface area (Å²) in [6, 6.07) is 10.7. The molecular formula is C22H25N5O3. The smallest absolute Gasteiger partial charge is 0.221 e. The Morgan fingerprint density at radius 1 is 1.20 bits per heavy atom. The molecule has 0 bridgehead atoms. The van der Waals surface area contributed by atoms with Crippen LogP contribution in [0.4, 0.5) is 5.82 Å². The number of hydrogen-bond acceptors (Lipinski definition) is 6. The third-order valence-corrected chi connectivity index (χ3v) is 5.29. The molecule has 0 spiro atoms. The van der Waals surface area contributed by atoms with Gasteiger partial charge in [0.2, 0.25) is 5.91 Å². The number of amides is 1. The summed E-state index contributed by atoms with van der Waals surface area (Å²) in [6.07, 6.45) is 2.24. The number of hydrogen-bond donors (Lipinski definition) is 2. The van der Waals surface area contributed by atoms with Crippen LogP contribution >= 0.6 is 0 Å². The van der Waals surface area contributed by atoms with Gasteiger partial charge in [-0.1, -0.05) is 24.3 Å². The first kappa shape index (κ1) is 20.0. The van der Waals surface area contributed by atoms with E-state index in [4.69, 9.17) is 0 Å². The van der Waals surface area contributed by atoms with Crippen molar-refractivity contribution in [3.63, 3.8) is 0 Å². The monoisotopic (exact) mass is 407 g/mol. The second-order valence-electron chi connectivity index (χ2n) is 8.03. The Bertz CT molecular complexity index is 1080. The van der Waals surface area contributed by atoms with Crippen molar-refractivity contribution in [3.8, 4) is 0 Å². The van der Waals surface area contributed by atoms with E-state index >= 15 is 0 Å². The molecule has 8 nitrogen and oxygen atoms in total. The normalized spacial score (nSPS) is 15.2. The van der Waals surface area contributed by atoms with Crippen LogP contribution in [0.3, 0.4) is 0 Å². The van der Waals surface area contributed by atoms with Crippen LogP contribution in [0.25, 0.3) is 5.65 Å². The highest BCUT2D eigenvalue weighted by Crippen LogP contribution is 2.22. The average molecular weight is 407 g/mol. The Labute approximate surface area is 174 Å². The van der Waals surface area contributed by atoms with E-state index in [2.05, 4.69) is 20.3 Å². The molecule has 0 radical (unpaired) electrons. The number of carbonyl (C=O) groups is 2.